The average molecular weight is 307 g/mol. The van der Waals surface area contributed by atoms with E-state index in [2.05, 4.69) is 11.9 Å². The van der Waals surface area contributed by atoms with Crippen LogP contribution in [0.2, 0.25) is 0 Å². The Labute approximate surface area is 126 Å². The number of halogens is 3. The highest BCUT2D eigenvalue weighted by Crippen LogP contribution is 2.33. The first-order valence-electron chi connectivity index (χ1n) is 6.74. The Bertz CT molecular complexity index is 652. The van der Waals surface area contributed by atoms with Gasteiger partial charge in [-0.15, -0.1) is 6.58 Å². The molecule has 1 atom stereocenters. The van der Waals surface area contributed by atoms with Crippen LogP contribution in [0.1, 0.15) is 23.6 Å². The molecule has 0 aliphatic heterocycles. The molecule has 0 bridgehead atoms. The lowest BCUT2D eigenvalue weighted by atomic mass is 10.0. The largest absolute Gasteiger partial charge is 0.506 e. The molecule has 1 unspecified atom stereocenters. The zero-order chi connectivity index (χ0) is 16.2. The predicted octanol–water partition coefficient (Wildman–Crippen LogP) is 5.14. The van der Waals surface area contributed by atoms with Gasteiger partial charge in [-0.25, -0.2) is 0 Å². The SMILES string of the molecule is C=CCC(Nc1ccccc1O)c1cccc(C(F)(F)F)c1. The lowest BCUT2D eigenvalue weighted by molar-refractivity contribution is -0.137. The summed E-state index contributed by atoms with van der Waals surface area (Å²) in [4.78, 5) is 0. The van der Waals surface area contributed by atoms with E-state index >= 15 is 0 Å². The molecule has 5 heteroatoms. The van der Waals surface area contributed by atoms with Crippen molar-refractivity contribution < 1.29 is 18.3 Å². The summed E-state index contributed by atoms with van der Waals surface area (Å²) in [6.45, 7) is 3.64. The molecule has 116 valence electrons. The number of para-hydroxylation sites is 2. The molecule has 0 heterocycles. The summed E-state index contributed by atoms with van der Waals surface area (Å²) < 4.78 is 38.5. The molecule has 0 aromatic heterocycles. The highest BCUT2D eigenvalue weighted by molar-refractivity contribution is 5.56. The van der Waals surface area contributed by atoms with Crippen molar-refractivity contribution in [3.05, 3.63) is 72.3 Å². The Kier molecular flexibility index (Phi) is 4.75. The number of aromatic hydroxyl groups is 1. The van der Waals surface area contributed by atoms with Gasteiger partial charge in [0.25, 0.3) is 0 Å². The molecule has 0 spiro atoms. The van der Waals surface area contributed by atoms with Gasteiger partial charge in [-0.3, -0.25) is 0 Å². The molecule has 22 heavy (non-hydrogen) atoms. The Morgan fingerprint density at radius 1 is 1.14 bits per heavy atom. The quantitative estimate of drug-likeness (QED) is 0.592. The van der Waals surface area contributed by atoms with Crippen LogP contribution in [-0.4, -0.2) is 5.11 Å². The summed E-state index contributed by atoms with van der Waals surface area (Å²) in [5.41, 5.74) is 0.253. The molecule has 0 aliphatic rings. The van der Waals surface area contributed by atoms with Gasteiger partial charge in [-0.1, -0.05) is 30.3 Å². The number of anilines is 1. The molecule has 0 aliphatic carbocycles. The first kappa shape index (κ1) is 15.9. The molecule has 0 saturated heterocycles. The van der Waals surface area contributed by atoms with Gasteiger partial charge in [-0.2, -0.15) is 13.2 Å². The van der Waals surface area contributed by atoms with E-state index in [1.807, 2.05) is 0 Å². The first-order valence-corrected chi connectivity index (χ1v) is 6.74. The third kappa shape index (κ3) is 3.81. The number of rotatable bonds is 5. The lowest BCUT2D eigenvalue weighted by Gasteiger charge is -2.21. The Balaban J connectivity index is 2.32. The molecule has 0 radical (unpaired) electrons. The Morgan fingerprint density at radius 2 is 1.86 bits per heavy atom. The number of hydrogen-bond donors (Lipinski definition) is 2. The van der Waals surface area contributed by atoms with Crippen LogP contribution >= 0.6 is 0 Å². The minimum Gasteiger partial charge on any atom is -0.506 e. The fourth-order valence-corrected chi connectivity index (χ4v) is 2.16. The summed E-state index contributed by atoms with van der Waals surface area (Å²) in [6, 6.07) is 11.3. The van der Waals surface area contributed by atoms with E-state index in [1.165, 1.54) is 12.1 Å². The van der Waals surface area contributed by atoms with Crippen molar-refractivity contribution in [1.82, 2.24) is 0 Å². The molecule has 0 amide bonds. The van der Waals surface area contributed by atoms with E-state index in [-0.39, 0.29) is 5.75 Å². The topological polar surface area (TPSA) is 32.3 Å². The monoisotopic (exact) mass is 307 g/mol. The summed E-state index contributed by atoms with van der Waals surface area (Å²) in [5, 5.41) is 12.8. The average Bonchev–Trinajstić information content (AvgIpc) is 2.48. The number of phenolic OH excluding ortho intramolecular Hbond substituents is 1. The molecule has 2 aromatic carbocycles. The maximum Gasteiger partial charge on any atom is 0.416 e. The predicted molar refractivity (Wildman–Crippen MR) is 80.7 cm³/mol. The third-order valence-corrected chi connectivity index (χ3v) is 3.25. The smallest absolute Gasteiger partial charge is 0.416 e. The van der Waals surface area contributed by atoms with E-state index in [9.17, 15) is 18.3 Å². The van der Waals surface area contributed by atoms with Gasteiger partial charge in [0.05, 0.1) is 17.3 Å². The van der Waals surface area contributed by atoms with Gasteiger partial charge in [0.15, 0.2) is 0 Å². The molecular formula is C17H16F3NO. The Morgan fingerprint density at radius 3 is 2.50 bits per heavy atom. The number of nitrogens with one attached hydrogen (secondary N) is 1. The number of alkyl halides is 3. The maximum absolute atomic E-state index is 12.8. The second-order valence-corrected chi connectivity index (χ2v) is 4.86. The van der Waals surface area contributed by atoms with Gasteiger partial charge < -0.3 is 10.4 Å². The number of hydrogen-bond acceptors (Lipinski definition) is 2. The summed E-state index contributed by atoms with van der Waals surface area (Å²) in [7, 11) is 0. The second kappa shape index (κ2) is 6.56. The minimum atomic E-state index is -4.39. The molecule has 0 saturated carbocycles. The minimum absolute atomic E-state index is 0.0449. The van der Waals surface area contributed by atoms with Crippen molar-refractivity contribution in [2.45, 2.75) is 18.6 Å². The van der Waals surface area contributed by atoms with Gasteiger partial charge in [0.2, 0.25) is 0 Å². The molecule has 2 nitrogen and oxygen atoms in total. The van der Waals surface area contributed by atoms with E-state index < -0.39 is 17.8 Å². The van der Waals surface area contributed by atoms with E-state index in [4.69, 9.17) is 0 Å². The number of phenols is 1. The van der Waals surface area contributed by atoms with Crippen LogP contribution in [0, 0.1) is 0 Å². The zero-order valence-corrected chi connectivity index (χ0v) is 11.8. The molecule has 2 rings (SSSR count). The van der Waals surface area contributed by atoms with Crippen LogP contribution < -0.4 is 5.32 Å². The van der Waals surface area contributed by atoms with Crippen molar-refractivity contribution in [2.75, 3.05) is 5.32 Å². The maximum atomic E-state index is 12.8. The third-order valence-electron chi connectivity index (χ3n) is 3.25. The lowest BCUT2D eigenvalue weighted by Crippen LogP contribution is -2.12. The van der Waals surface area contributed by atoms with Crippen LogP contribution in [0.25, 0.3) is 0 Å². The van der Waals surface area contributed by atoms with Crippen molar-refractivity contribution in [2.24, 2.45) is 0 Å². The van der Waals surface area contributed by atoms with Crippen LogP contribution in [0.5, 0.6) is 5.75 Å². The van der Waals surface area contributed by atoms with Crippen LogP contribution in [-0.2, 0) is 6.18 Å². The molecule has 2 aromatic rings. The van der Waals surface area contributed by atoms with Crippen molar-refractivity contribution in [3.63, 3.8) is 0 Å². The van der Waals surface area contributed by atoms with Gasteiger partial charge >= 0.3 is 6.18 Å². The van der Waals surface area contributed by atoms with Crippen LogP contribution in [0.15, 0.2) is 61.2 Å². The Hall–Kier alpha value is -2.43. The summed E-state index contributed by atoms with van der Waals surface area (Å²) in [5.74, 6) is 0.0449. The van der Waals surface area contributed by atoms with Gasteiger partial charge in [0.1, 0.15) is 5.75 Å². The summed E-state index contributed by atoms with van der Waals surface area (Å²) in [6.07, 6.45) is -2.34. The van der Waals surface area contributed by atoms with Crippen molar-refractivity contribution in [3.8, 4) is 5.75 Å². The highest BCUT2D eigenvalue weighted by Gasteiger charge is 2.30. The van der Waals surface area contributed by atoms with Crippen LogP contribution in [0.3, 0.4) is 0 Å². The van der Waals surface area contributed by atoms with E-state index in [0.29, 0.717) is 17.7 Å². The normalized spacial score (nSPS) is 12.7. The molecule has 2 N–H and O–H groups in total. The fourth-order valence-electron chi connectivity index (χ4n) is 2.16. The second-order valence-electron chi connectivity index (χ2n) is 4.86. The molecule has 0 fully saturated rings. The summed E-state index contributed by atoms with van der Waals surface area (Å²) >= 11 is 0. The fraction of sp³-hybridized carbons (Fsp3) is 0.176. The van der Waals surface area contributed by atoms with E-state index in [0.717, 1.165) is 12.1 Å². The van der Waals surface area contributed by atoms with Crippen LogP contribution in [0.4, 0.5) is 18.9 Å². The van der Waals surface area contributed by atoms with E-state index in [1.54, 1.807) is 30.3 Å². The first-order chi connectivity index (χ1) is 10.4. The van der Waals surface area contributed by atoms with Crippen molar-refractivity contribution in [1.29, 1.82) is 0 Å². The number of benzene rings is 2. The molecular weight excluding hydrogens is 291 g/mol. The highest BCUT2D eigenvalue weighted by atomic mass is 19.4. The van der Waals surface area contributed by atoms with Gasteiger partial charge in [0, 0.05) is 0 Å². The van der Waals surface area contributed by atoms with Gasteiger partial charge in [-0.05, 0) is 36.2 Å². The standard InChI is InChI=1S/C17H16F3NO/c1-2-6-14(21-15-9-3-4-10-16(15)22)12-7-5-8-13(11-12)17(18,19)20/h2-5,7-11,14,21-22H,1,6H2. The zero-order valence-electron chi connectivity index (χ0n) is 11.8. The van der Waals surface area contributed by atoms with Crippen molar-refractivity contribution >= 4 is 5.69 Å².